The Morgan fingerprint density at radius 1 is 1.14 bits per heavy atom. The van der Waals surface area contributed by atoms with Gasteiger partial charge in [0.05, 0.1) is 12.7 Å². The number of nitrogens with one attached hydrogen (secondary N) is 1. The van der Waals surface area contributed by atoms with E-state index in [1.54, 1.807) is 6.26 Å². The minimum Gasteiger partial charge on any atom is -0.464 e. The van der Waals surface area contributed by atoms with Gasteiger partial charge in [0.25, 0.3) is 0 Å². The van der Waals surface area contributed by atoms with Gasteiger partial charge in [-0.15, -0.1) is 0 Å². The Labute approximate surface area is 172 Å². The molecular formula is C24H32N2O3. The van der Waals surface area contributed by atoms with Crippen LogP contribution in [0.5, 0.6) is 0 Å². The number of carbonyl (C=O) groups is 2. The van der Waals surface area contributed by atoms with E-state index in [-0.39, 0.29) is 23.8 Å². The van der Waals surface area contributed by atoms with E-state index in [2.05, 4.69) is 31.3 Å². The molecule has 1 atom stereocenters. The highest BCUT2D eigenvalue weighted by Crippen LogP contribution is 2.31. The molecule has 29 heavy (non-hydrogen) atoms. The summed E-state index contributed by atoms with van der Waals surface area (Å²) in [6, 6.07) is 4.54. The number of piperidine rings is 1. The van der Waals surface area contributed by atoms with Gasteiger partial charge in [0.1, 0.15) is 5.58 Å². The number of likely N-dealkylation sites (tertiary alicyclic amines) is 1. The third-order valence-corrected chi connectivity index (χ3v) is 6.80. The van der Waals surface area contributed by atoms with Gasteiger partial charge in [-0.2, -0.15) is 0 Å². The number of aryl methyl sites for hydroxylation is 2. The molecule has 1 unspecified atom stereocenters. The van der Waals surface area contributed by atoms with Crippen molar-refractivity contribution < 1.29 is 14.0 Å². The zero-order chi connectivity index (χ0) is 20.5. The second-order valence-electron chi connectivity index (χ2n) is 9.10. The molecule has 156 valence electrons. The Kier molecular flexibility index (Phi) is 5.66. The van der Waals surface area contributed by atoms with Crippen LogP contribution in [0, 0.1) is 11.8 Å². The number of benzene rings is 1. The average molecular weight is 397 g/mol. The highest BCUT2D eigenvalue weighted by atomic mass is 16.3. The van der Waals surface area contributed by atoms with Crippen LogP contribution in [-0.4, -0.2) is 35.8 Å². The lowest BCUT2D eigenvalue weighted by Crippen LogP contribution is -2.46. The third-order valence-electron chi connectivity index (χ3n) is 6.80. The molecule has 0 spiro atoms. The van der Waals surface area contributed by atoms with Crippen molar-refractivity contribution in [2.24, 2.45) is 11.8 Å². The van der Waals surface area contributed by atoms with Gasteiger partial charge >= 0.3 is 0 Å². The largest absolute Gasteiger partial charge is 0.464 e. The van der Waals surface area contributed by atoms with Crippen molar-refractivity contribution in [2.75, 3.05) is 13.1 Å². The Morgan fingerprint density at radius 3 is 2.52 bits per heavy atom. The van der Waals surface area contributed by atoms with Crippen LogP contribution in [0.1, 0.15) is 56.7 Å². The maximum atomic E-state index is 12.9. The molecule has 5 heteroatoms. The van der Waals surface area contributed by atoms with Crippen molar-refractivity contribution >= 4 is 22.8 Å². The molecular weight excluding hydrogens is 364 g/mol. The quantitative estimate of drug-likeness (QED) is 0.835. The van der Waals surface area contributed by atoms with Gasteiger partial charge in [0.15, 0.2) is 0 Å². The molecule has 4 rings (SSSR count). The second kappa shape index (κ2) is 8.21. The van der Waals surface area contributed by atoms with E-state index in [9.17, 15) is 9.59 Å². The summed E-state index contributed by atoms with van der Waals surface area (Å²) in [5.41, 5.74) is 4.65. The van der Waals surface area contributed by atoms with Crippen molar-refractivity contribution in [3.8, 4) is 0 Å². The minimum atomic E-state index is 0.0117. The highest BCUT2D eigenvalue weighted by Gasteiger charge is 2.28. The lowest BCUT2D eigenvalue weighted by Gasteiger charge is -2.32. The number of fused-ring (bicyclic) bond motifs is 2. The summed E-state index contributed by atoms with van der Waals surface area (Å²) in [4.78, 5) is 27.2. The molecule has 0 radical (unpaired) electrons. The Balaban J connectivity index is 1.35. The van der Waals surface area contributed by atoms with Gasteiger partial charge in [-0.1, -0.05) is 13.8 Å². The monoisotopic (exact) mass is 396 g/mol. The zero-order valence-electron chi connectivity index (χ0n) is 17.8. The lowest BCUT2D eigenvalue weighted by molar-refractivity contribution is -0.135. The molecule has 1 aliphatic heterocycles. The molecule has 2 aromatic rings. The van der Waals surface area contributed by atoms with Gasteiger partial charge in [0, 0.05) is 36.0 Å². The molecule has 1 aromatic carbocycles. The first-order chi connectivity index (χ1) is 13.9. The van der Waals surface area contributed by atoms with Gasteiger partial charge in [-0.3, -0.25) is 9.59 Å². The van der Waals surface area contributed by atoms with E-state index in [4.69, 9.17) is 4.42 Å². The summed E-state index contributed by atoms with van der Waals surface area (Å²) in [6.45, 7) is 7.57. The summed E-state index contributed by atoms with van der Waals surface area (Å²) < 4.78 is 5.74. The molecule has 5 nitrogen and oxygen atoms in total. The van der Waals surface area contributed by atoms with Crippen molar-refractivity contribution in [3.05, 3.63) is 35.1 Å². The van der Waals surface area contributed by atoms with E-state index in [1.807, 2.05) is 11.8 Å². The number of carbonyl (C=O) groups excluding carboxylic acids is 2. The molecule has 0 saturated carbocycles. The predicted octanol–water partition coefficient (Wildman–Crippen LogP) is 3.86. The molecule has 2 amide bonds. The Bertz CT molecular complexity index is 906. The smallest absolute Gasteiger partial charge is 0.227 e. The Hall–Kier alpha value is -2.30. The van der Waals surface area contributed by atoms with Gasteiger partial charge in [-0.05, 0) is 68.2 Å². The van der Waals surface area contributed by atoms with Crippen molar-refractivity contribution in [1.82, 2.24) is 10.2 Å². The maximum absolute atomic E-state index is 12.9. The number of rotatable bonds is 5. The average Bonchev–Trinajstić information content (AvgIpc) is 3.32. The van der Waals surface area contributed by atoms with Crippen LogP contribution in [0.4, 0.5) is 0 Å². The molecule has 1 aromatic heterocycles. The van der Waals surface area contributed by atoms with Gasteiger partial charge < -0.3 is 14.6 Å². The van der Waals surface area contributed by atoms with Crippen LogP contribution in [0.2, 0.25) is 0 Å². The fourth-order valence-electron chi connectivity index (χ4n) is 4.46. The molecule has 0 bridgehead atoms. The Morgan fingerprint density at radius 2 is 1.83 bits per heavy atom. The first-order valence-electron chi connectivity index (χ1n) is 11.0. The molecule has 1 saturated heterocycles. The first-order valence-corrected chi connectivity index (χ1v) is 11.0. The van der Waals surface area contributed by atoms with Crippen LogP contribution >= 0.6 is 0 Å². The van der Waals surface area contributed by atoms with E-state index in [0.29, 0.717) is 25.4 Å². The predicted molar refractivity (Wildman–Crippen MR) is 114 cm³/mol. The standard InChI is InChI=1S/C24H32N2O3/c1-15(2)16(3)25-24(28)17-7-9-26(10-8-17)23(27)13-20-14-29-22-12-19-6-4-5-18(19)11-21(20)22/h11-12,14-17H,4-10,13H2,1-3H3,(H,25,28). The molecule has 2 heterocycles. The highest BCUT2D eigenvalue weighted by molar-refractivity contribution is 5.89. The topological polar surface area (TPSA) is 62.6 Å². The number of amides is 2. The molecule has 1 N–H and O–H groups in total. The van der Waals surface area contributed by atoms with E-state index in [1.165, 1.54) is 17.5 Å². The van der Waals surface area contributed by atoms with Gasteiger partial charge in [-0.25, -0.2) is 0 Å². The van der Waals surface area contributed by atoms with E-state index < -0.39 is 0 Å². The van der Waals surface area contributed by atoms with Crippen LogP contribution in [0.25, 0.3) is 11.0 Å². The fourth-order valence-corrected chi connectivity index (χ4v) is 4.46. The normalized spacial score (nSPS) is 18.3. The number of hydrogen-bond donors (Lipinski definition) is 1. The summed E-state index contributed by atoms with van der Waals surface area (Å²) in [6.07, 6.45) is 7.03. The summed E-state index contributed by atoms with van der Waals surface area (Å²) >= 11 is 0. The number of furan rings is 1. The van der Waals surface area contributed by atoms with Crippen molar-refractivity contribution in [3.63, 3.8) is 0 Å². The van der Waals surface area contributed by atoms with Crippen molar-refractivity contribution in [2.45, 2.75) is 65.3 Å². The zero-order valence-corrected chi connectivity index (χ0v) is 17.8. The molecule has 1 aliphatic carbocycles. The summed E-state index contributed by atoms with van der Waals surface area (Å²) in [5.74, 6) is 0.694. The SMILES string of the molecule is CC(C)C(C)NC(=O)C1CCN(C(=O)Cc2coc3cc4c(cc23)CCC4)CC1. The van der Waals surface area contributed by atoms with Crippen LogP contribution in [0.3, 0.4) is 0 Å². The van der Waals surface area contributed by atoms with Crippen molar-refractivity contribution in [1.29, 1.82) is 0 Å². The fraction of sp³-hybridized carbons (Fsp3) is 0.583. The van der Waals surface area contributed by atoms with Crippen LogP contribution in [0.15, 0.2) is 22.8 Å². The van der Waals surface area contributed by atoms with E-state index >= 15 is 0 Å². The van der Waals surface area contributed by atoms with Crippen LogP contribution in [-0.2, 0) is 28.9 Å². The van der Waals surface area contributed by atoms with E-state index in [0.717, 1.165) is 42.2 Å². The maximum Gasteiger partial charge on any atom is 0.227 e. The number of hydrogen-bond acceptors (Lipinski definition) is 3. The number of nitrogens with zero attached hydrogens (tertiary/aromatic N) is 1. The summed E-state index contributed by atoms with van der Waals surface area (Å²) in [7, 11) is 0. The lowest BCUT2D eigenvalue weighted by atomic mass is 9.94. The molecule has 2 aliphatic rings. The van der Waals surface area contributed by atoms with Crippen LogP contribution < -0.4 is 5.32 Å². The molecule has 1 fully saturated rings. The van der Waals surface area contributed by atoms with Gasteiger partial charge in [0.2, 0.25) is 11.8 Å². The first kappa shape index (κ1) is 20.0. The summed E-state index contributed by atoms with van der Waals surface area (Å²) in [5, 5.41) is 4.19. The third kappa shape index (κ3) is 4.19. The second-order valence-corrected chi connectivity index (χ2v) is 9.10. The minimum absolute atomic E-state index is 0.0117.